The SMILES string of the molecule is CN1CCN(CC(O)c2ccc(NC(=O)C3CC3)cc2)CC1. The van der Waals surface area contributed by atoms with Gasteiger partial charge in [-0.25, -0.2) is 0 Å². The predicted octanol–water partition coefficient (Wildman–Crippen LogP) is 1.32. The van der Waals surface area contributed by atoms with E-state index in [1.54, 1.807) is 0 Å². The summed E-state index contributed by atoms with van der Waals surface area (Å²) < 4.78 is 0. The average molecular weight is 303 g/mol. The molecule has 22 heavy (non-hydrogen) atoms. The van der Waals surface area contributed by atoms with E-state index < -0.39 is 6.10 Å². The average Bonchev–Trinajstić information content (AvgIpc) is 3.35. The molecular weight excluding hydrogens is 278 g/mol. The summed E-state index contributed by atoms with van der Waals surface area (Å²) in [5.41, 5.74) is 1.72. The number of aliphatic hydroxyl groups is 1. The molecule has 0 aromatic heterocycles. The number of aliphatic hydroxyl groups excluding tert-OH is 1. The van der Waals surface area contributed by atoms with E-state index in [-0.39, 0.29) is 11.8 Å². The number of amides is 1. The van der Waals surface area contributed by atoms with Crippen LogP contribution in [0, 0.1) is 5.92 Å². The van der Waals surface area contributed by atoms with Gasteiger partial charge in [0, 0.05) is 44.3 Å². The van der Waals surface area contributed by atoms with Gasteiger partial charge >= 0.3 is 0 Å². The summed E-state index contributed by atoms with van der Waals surface area (Å²) in [6.45, 7) is 4.78. The molecule has 1 aromatic rings. The van der Waals surface area contributed by atoms with E-state index in [1.165, 1.54) is 0 Å². The Morgan fingerprint density at radius 3 is 2.45 bits per heavy atom. The fraction of sp³-hybridized carbons (Fsp3) is 0.588. The van der Waals surface area contributed by atoms with Crippen LogP contribution >= 0.6 is 0 Å². The van der Waals surface area contributed by atoms with Crippen molar-refractivity contribution in [3.05, 3.63) is 29.8 Å². The molecule has 2 fully saturated rings. The van der Waals surface area contributed by atoms with Crippen LogP contribution in [0.4, 0.5) is 5.69 Å². The Bertz CT molecular complexity index is 505. The number of rotatable bonds is 5. The van der Waals surface area contributed by atoms with E-state index in [2.05, 4.69) is 22.2 Å². The molecule has 5 heteroatoms. The Morgan fingerprint density at radius 1 is 1.23 bits per heavy atom. The molecule has 0 spiro atoms. The number of β-amino-alcohol motifs (C(OH)–C–C–N with tert-alkyl or cyclic N) is 1. The Balaban J connectivity index is 1.51. The van der Waals surface area contributed by atoms with Crippen LogP contribution in [0.3, 0.4) is 0 Å². The van der Waals surface area contributed by atoms with Crippen LogP contribution in [0.1, 0.15) is 24.5 Å². The number of benzene rings is 1. The van der Waals surface area contributed by atoms with Crippen LogP contribution in [0.25, 0.3) is 0 Å². The zero-order valence-electron chi connectivity index (χ0n) is 13.2. The third-order valence-corrected chi connectivity index (χ3v) is 4.54. The molecule has 1 amide bonds. The van der Waals surface area contributed by atoms with Gasteiger partial charge in [-0.1, -0.05) is 12.1 Å². The number of nitrogens with one attached hydrogen (secondary N) is 1. The molecule has 2 aliphatic rings. The van der Waals surface area contributed by atoms with Crippen molar-refractivity contribution in [3.63, 3.8) is 0 Å². The van der Waals surface area contributed by atoms with Crippen molar-refractivity contribution in [2.45, 2.75) is 18.9 Å². The van der Waals surface area contributed by atoms with Crippen molar-refractivity contribution < 1.29 is 9.90 Å². The molecule has 1 unspecified atom stereocenters. The van der Waals surface area contributed by atoms with Gasteiger partial charge in [-0.05, 0) is 37.6 Å². The third kappa shape index (κ3) is 4.06. The number of carbonyl (C=O) groups is 1. The molecular formula is C17H25N3O2. The summed E-state index contributed by atoms with van der Waals surface area (Å²) in [5, 5.41) is 13.3. The minimum Gasteiger partial charge on any atom is -0.387 e. The van der Waals surface area contributed by atoms with E-state index in [4.69, 9.17) is 0 Å². The maximum atomic E-state index is 11.7. The van der Waals surface area contributed by atoms with Crippen molar-refractivity contribution in [2.75, 3.05) is 45.1 Å². The molecule has 1 aromatic carbocycles. The molecule has 3 rings (SSSR count). The zero-order valence-corrected chi connectivity index (χ0v) is 13.2. The summed E-state index contributed by atoms with van der Waals surface area (Å²) in [6, 6.07) is 7.57. The van der Waals surface area contributed by atoms with Gasteiger partial charge < -0.3 is 15.3 Å². The second kappa shape index (κ2) is 6.77. The van der Waals surface area contributed by atoms with E-state index in [0.717, 1.165) is 50.3 Å². The number of anilines is 1. The number of hydrogen-bond donors (Lipinski definition) is 2. The molecule has 0 radical (unpaired) electrons. The van der Waals surface area contributed by atoms with Gasteiger partial charge in [0.1, 0.15) is 0 Å². The summed E-state index contributed by atoms with van der Waals surface area (Å²) in [7, 11) is 2.13. The zero-order chi connectivity index (χ0) is 15.5. The van der Waals surface area contributed by atoms with Gasteiger partial charge in [-0.3, -0.25) is 9.69 Å². The Labute approximate surface area is 131 Å². The summed E-state index contributed by atoms with van der Waals surface area (Å²) >= 11 is 0. The molecule has 1 atom stereocenters. The lowest BCUT2D eigenvalue weighted by atomic mass is 10.1. The highest BCUT2D eigenvalue weighted by Crippen LogP contribution is 2.30. The van der Waals surface area contributed by atoms with Gasteiger partial charge in [0.2, 0.25) is 5.91 Å². The largest absolute Gasteiger partial charge is 0.387 e. The normalized spacial score (nSPS) is 21.5. The quantitative estimate of drug-likeness (QED) is 0.861. The molecule has 1 saturated carbocycles. The third-order valence-electron chi connectivity index (χ3n) is 4.54. The highest BCUT2D eigenvalue weighted by Gasteiger charge is 2.29. The minimum atomic E-state index is -0.475. The van der Waals surface area contributed by atoms with Gasteiger partial charge in [0.05, 0.1) is 6.10 Å². The van der Waals surface area contributed by atoms with Gasteiger partial charge in [0.15, 0.2) is 0 Å². The summed E-state index contributed by atoms with van der Waals surface area (Å²) in [5.74, 6) is 0.327. The summed E-state index contributed by atoms with van der Waals surface area (Å²) in [6.07, 6.45) is 1.54. The summed E-state index contributed by atoms with van der Waals surface area (Å²) in [4.78, 5) is 16.3. The molecule has 2 N–H and O–H groups in total. The molecule has 1 aliphatic carbocycles. The Hall–Kier alpha value is -1.43. The topological polar surface area (TPSA) is 55.8 Å². The van der Waals surface area contributed by atoms with E-state index in [0.29, 0.717) is 6.54 Å². The standard InChI is InChI=1S/C17H25N3O2/c1-19-8-10-20(11-9-19)12-16(21)13-4-6-15(7-5-13)18-17(22)14-2-3-14/h4-7,14,16,21H,2-3,8-12H2,1H3,(H,18,22). The van der Waals surface area contributed by atoms with Gasteiger partial charge in [-0.2, -0.15) is 0 Å². The van der Waals surface area contributed by atoms with Crippen LogP contribution in [0.5, 0.6) is 0 Å². The van der Waals surface area contributed by atoms with E-state index >= 15 is 0 Å². The van der Waals surface area contributed by atoms with Gasteiger partial charge in [-0.15, -0.1) is 0 Å². The number of nitrogens with zero attached hydrogens (tertiary/aromatic N) is 2. The predicted molar refractivity (Wildman–Crippen MR) is 86.7 cm³/mol. The fourth-order valence-electron chi connectivity index (χ4n) is 2.76. The Morgan fingerprint density at radius 2 is 1.86 bits per heavy atom. The monoisotopic (exact) mass is 303 g/mol. The molecule has 1 aliphatic heterocycles. The number of hydrogen-bond acceptors (Lipinski definition) is 4. The first-order chi connectivity index (χ1) is 10.6. The number of likely N-dealkylation sites (N-methyl/N-ethyl adjacent to an activating group) is 1. The van der Waals surface area contributed by atoms with E-state index in [9.17, 15) is 9.90 Å². The maximum Gasteiger partial charge on any atom is 0.227 e. The highest BCUT2D eigenvalue weighted by atomic mass is 16.3. The lowest BCUT2D eigenvalue weighted by molar-refractivity contribution is -0.117. The highest BCUT2D eigenvalue weighted by molar-refractivity contribution is 5.93. The number of carbonyl (C=O) groups excluding carboxylic acids is 1. The molecule has 120 valence electrons. The first-order valence-corrected chi connectivity index (χ1v) is 8.11. The lowest BCUT2D eigenvalue weighted by Gasteiger charge is -2.33. The van der Waals surface area contributed by atoms with Crippen LogP contribution in [-0.2, 0) is 4.79 Å². The van der Waals surface area contributed by atoms with Crippen molar-refractivity contribution in [1.29, 1.82) is 0 Å². The van der Waals surface area contributed by atoms with Crippen LogP contribution in [0.15, 0.2) is 24.3 Å². The maximum absolute atomic E-state index is 11.7. The molecule has 1 saturated heterocycles. The molecule has 1 heterocycles. The minimum absolute atomic E-state index is 0.116. The van der Waals surface area contributed by atoms with Crippen LogP contribution in [0.2, 0.25) is 0 Å². The second-order valence-electron chi connectivity index (χ2n) is 6.51. The molecule has 5 nitrogen and oxygen atoms in total. The van der Waals surface area contributed by atoms with E-state index in [1.807, 2.05) is 24.3 Å². The van der Waals surface area contributed by atoms with Crippen LogP contribution in [-0.4, -0.2) is 60.6 Å². The van der Waals surface area contributed by atoms with Crippen molar-refractivity contribution in [1.82, 2.24) is 9.80 Å². The first-order valence-electron chi connectivity index (χ1n) is 8.11. The van der Waals surface area contributed by atoms with Gasteiger partial charge in [0.25, 0.3) is 0 Å². The van der Waals surface area contributed by atoms with Crippen molar-refractivity contribution >= 4 is 11.6 Å². The smallest absolute Gasteiger partial charge is 0.227 e. The molecule has 0 bridgehead atoms. The van der Waals surface area contributed by atoms with Crippen molar-refractivity contribution in [2.24, 2.45) is 5.92 Å². The Kier molecular flexibility index (Phi) is 4.76. The lowest BCUT2D eigenvalue weighted by Crippen LogP contribution is -2.45. The van der Waals surface area contributed by atoms with Crippen LogP contribution < -0.4 is 5.32 Å². The first kappa shape index (κ1) is 15.5. The second-order valence-corrected chi connectivity index (χ2v) is 6.51. The fourth-order valence-corrected chi connectivity index (χ4v) is 2.76. The number of piperazine rings is 1. The van der Waals surface area contributed by atoms with Crippen molar-refractivity contribution in [3.8, 4) is 0 Å².